The SMILES string of the molecule is CCNCc1ccc(Cl)cc1N(C)C1CCOC1C. The Morgan fingerprint density at radius 2 is 2.26 bits per heavy atom. The van der Waals surface area contributed by atoms with Crippen molar-refractivity contribution in [2.45, 2.75) is 39.0 Å². The molecule has 0 bridgehead atoms. The van der Waals surface area contributed by atoms with Gasteiger partial charge in [-0.15, -0.1) is 0 Å². The first-order valence-corrected chi connectivity index (χ1v) is 7.35. The van der Waals surface area contributed by atoms with Gasteiger partial charge < -0.3 is 15.0 Å². The van der Waals surface area contributed by atoms with E-state index in [9.17, 15) is 0 Å². The van der Waals surface area contributed by atoms with Crippen LogP contribution < -0.4 is 10.2 Å². The molecule has 0 saturated carbocycles. The van der Waals surface area contributed by atoms with Crippen LogP contribution in [0, 0.1) is 0 Å². The summed E-state index contributed by atoms with van der Waals surface area (Å²) < 4.78 is 5.67. The molecule has 0 spiro atoms. The molecule has 0 radical (unpaired) electrons. The summed E-state index contributed by atoms with van der Waals surface area (Å²) in [6.07, 6.45) is 1.35. The van der Waals surface area contributed by atoms with Crippen molar-refractivity contribution in [3.63, 3.8) is 0 Å². The topological polar surface area (TPSA) is 24.5 Å². The average Bonchev–Trinajstić information content (AvgIpc) is 2.82. The normalized spacial score (nSPS) is 22.7. The number of likely N-dealkylation sites (N-methyl/N-ethyl adjacent to an activating group) is 1. The van der Waals surface area contributed by atoms with Crippen molar-refractivity contribution in [1.29, 1.82) is 0 Å². The van der Waals surface area contributed by atoms with Crippen molar-refractivity contribution in [3.8, 4) is 0 Å². The Hall–Kier alpha value is -0.770. The molecule has 1 saturated heterocycles. The molecule has 2 rings (SSSR count). The lowest BCUT2D eigenvalue weighted by Crippen LogP contribution is -2.37. The first-order valence-electron chi connectivity index (χ1n) is 6.97. The minimum Gasteiger partial charge on any atom is -0.376 e. The number of rotatable bonds is 5. The van der Waals surface area contributed by atoms with E-state index in [1.54, 1.807) is 0 Å². The number of nitrogens with one attached hydrogen (secondary N) is 1. The van der Waals surface area contributed by atoms with Crippen LogP contribution in [0.4, 0.5) is 5.69 Å². The van der Waals surface area contributed by atoms with E-state index in [4.69, 9.17) is 16.3 Å². The molecule has 2 unspecified atom stereocenters. The van der Waals surface area contributed by atoms with E-state index >= 15 is 0 Å². The number of anilines is 1. The number of ether oxygens (including phenoxy) is 1. The number of hydrogen-bond acceptors (Lipinski definition) is 3. The summed E-state index contributed by atoms with van der Waals surface area (Å²) in [7, 11) is 2.14. The molecule has 1 fully saturated rings. The molecule has 1 aliphatic heterocycles. The van der Waals surface area contributed by atoms with E-state index in [-0.39, 0.29) is 6.10 Å². The molecule has 0 amide bonds. The van der Waals surface area contributed by atoms with Crippen LogP contribution in [0.1, 0.15) is 25.8 Å². The minimum atomic E-state index is 0.274. The van der Waals surface area contributed by atoms with Gasteiger partial charge in [0.25, 0.3) is 0 Å². The molecule has 19 heavy (non-hydrogen) atoms. The fourth-order valence-corrected chi connectivity index (χ4v) is 2.85. The lowest BCUT2D eigenvalue weighted by molar-refractivity contribution is 0.118. The van der Waals surface area contributed by atoms with Gasteiger partial charge in [0, 0.05) is 30.9 Å². The summed E-state index contributed by atoms with van der Waals surface area (Å²) in [5.74, 6) is 0. The second-order valence-electron chi connectivity index (χ2n) is 5.10. The highest BCUT2D eigenvalue weighted by atomic mass is 35.5. The number of hydrogen-bond donors (Lipinski definition) is 1. The highest BCUT2D eigenvalue weighted by Crippen LogP contribution is 2.29. The largest absolute Gasteiger partial charge is 0.376 e. The fraction of sp³-hybridized carbons (Fsp3) is 0.600. The maximum Gasteiger partial charge on any atom is 0.0750 e. The Balaban J connectivity index is 2.23. The third-order valence-electron chi connectivity index (χ3n) is 3.83. The zero-order valence-electron chi connectivity index (χ0n) is 11.9. The van der Waals surface area contributed by atoms with Crippen molar-refractivity contribution >= 4 is 17.3 Å². The van der Waals surface area contributed by atoms with E-state index in [2.05, 4.69) is 43.2 Å². The van der Waals surface area contributed by atoms with Gasteiger partial charge in [0.05, 0.1) is 12.1 Å². The molecule has 0 aromatic heterocycles. The molecule has 1 aromatic rings. The molecular formula is C15H23ClN2O. The van der Waals surface area contributed by atoms with Gasteiger partial charge in [0.15, 0.2) is 0 Å². The smallest absolute Gasteiger partial charge is 0.0750 e. The summed E-state index contributed by atoms with van der Waals surface area (Å²) in [6, 6.07) is 6.55. The van der Waals surface area contributed by atoms with E-state index in [0.717, 1.165) is 31.1 Å². The van der Waals surface area contributed by atoms with Gasteiger partial charge in [0.1, 0.15) is 0 Å². The Kier molecular flexibility index (Phi) is 5.08. The second kappa shape index (κ2) is 6.60. The molecule has 1 aromatic carbocycles. The maximum atomic E-state index is 6.16. The molecule has 3 nitrogen and oxygen atoms in total. The minimum absolute atomic E-state index is 0.274. The Bertz CT molecular complexity index is 425. The van der Waals surface area contributed by atoms with Crippen LogP contribution in [0.5, 0.6) is 0 Å². The molecule has 0 aliphatic carbocycles. The predicted octanol–water partition coefficient (Wildman–Crippen LogP) is 3.06. The summed E-state index contributed by atoms with van der Waals surface area (Å²) in [6.45, 7) is 6.94. The average molecular weight is 283 g/mol. The van der Waals surface area contributed by atoms with Crippen LogP contribution in [0.3, 0.4) is 0 Å². The van der Waals surface area contributed by atoms with Gasteiger partial charge in [-0.3, -0.25) is 0 Å². The summed E-state index contributed by atoms with van der Waals surface area (Å²) in [5.41, 5.74) is 2.49. The number of nitrogens with zero attached hydrogens (tertiary/aromatic N) is 1. The van der Waals surface area contributed by atoms with Gasteiger partial charge in [-0.25, -0.2) is 0 Å². The molecule has 4 heteroatoms. The summed E-state index contributed by atoms with van der Waals surface area (Å²) in [4.78, 5) is 2.32. The Morgan fingerprint density at radius 3 is 2.89 bits per heavy atom. The van der Waals surface area contributed by atoms with Crippen molar-refractivity contribution in [2.75, 3.05) is 25.1 Å². The third kappa shape index (κ3) is 3.41. The standard InChI is InChI=1S/C15H23ClN2O/c1-4-17-10-12-5-6-13(16)9-15(12)18(3)14-7-8-19-11(14)2/h5-6,9,11,14,17H,4,7-8,10H2,1-3H3. The van der Waals surface area contributed by atoms with Crippen LogP contribution in [0.15, 0.2) is 18.2 Å². The van der Waals surface area contributed by atoms with E-state index in [0.29, 0.717) is 6.04 Å². The van der Waals surface area contributed by atoms with Gasteiger partial charge in [0.2, 0.25) is 0 Å². The first-order chi connectivity index (χ1) is 9.13. The van der Waals surface area contributed by atoms with Crippen LogP contribution in [-0.4, -0.2) is 32.3 Å². The third-order valence-corrected chi connectivity index (χ3v) is 4.06. The van der Waals surface area contributed by atoms with Crippen molar-refractivity contribution in [1.82, 2.24) is 5.32 Å². The lowest BCUT2D eigenvalue weighted by Gasteiger charge is -2.31. The van der Waals surface area contributed by atoms with Gasteiger partial charge in [-0.05, 0) is 37.6 Å². The first kappa shape index (κ1) is 14.6. The maximum absolute atomic E-state index is 6.16. The summed E-state index contributed by atoms with van der Waals surface area (Å²) >= 11 is 6.16. The zero-order valence-corrected chi connectivity index (χ0v) is 12.7. The highest BCUT2D eigenvalue weighted by molar-refractivity contribution is 6.30. The van der Waals surface area contributed by atoms with E-state index < -0.39 is 0 Å². The quantitative estimate of drug-likeness (QED) is 0.898. The van der Waals surface area contributed by atoms with Crippen molar-refractivity contribution in [2.24, 2.45) is 0 Å². The highest BCUT2D eigenvalue weighted by Gasteiger charge is 2.29. The molecule has 106 valence electrons. The van der Waals surface area contributed by atoms with E-state index in [1.807, 2.05) is 6.07 Å². The van der Waals surface area contributed by atoms with Gasteiger partial charge >= 0.3 is 0 Å². The zero-order chi connectivity index (χ0) is 13.8. The molecule has 2 atom stereocenters. The number of halogens is 1. The Labute approximate surface area is 120 Å². The van der Waals surface area contributed by atoms with Crippen LogP contribution in [-0.2, 0) is 11.3 Å². The molecule has 1 N–H and O–H groups in total. The van der Waals surface area contributed by atoms with E-state index in [1.165, 1.54) is 11.3 Å². The second-order valence-corrected chi connectivity index (χ2v) is 5.53. The molecule has 1 heterocycles. The number of benzene rings is 1. The molecule has 1 aliphatic rings. The van der Waals surface area contributed by atoms with Crippen molar-refractivity contribution in [3.05, 3.63) is 28.8 Å². The Morgan fingerprint density at radius 1 is 1.47 bits per heavy atom. The lowest BCUT2D eigenvalue weighted by atomic mass is 10.1. The molecular weight excluding hydrogens is 260 g/mol. The van der Waals surface area contributed by atoms with Gasteiger partial charge in [-0.2, -0.15) is 0 Å². The van der Waals surface area contributed by atoms with Crippen LogP contribution in [0.25, 0.3) is 0 Å². The van der Waals surface area contributed by atoms with Crippen molar-refractivity contribution < 1.29 is 4.74 Å². The monoisotopic (exact) mass is 282 g/mol. The van der Waals surface area contributed by atoms with Gasteiger partial charge in [-0.1, -0.05) is 24.6 Å². The fourth-order valence-electron chi connectivity index (χ4n) is 2.68. The predicted molar refractivity (Wildman–Crippen MR) is 81.1 cm³/mol. The van der Waals surface area contributed by atoms with Crippen LogP contribution >= 0.6 is 11.6 Å². The van der Waals surface area contributed by atoms with Crippen LogP contribution in [0.2, 0.25) is 5.02 Å². The summed E-state index contributed by atoms with van der Waals surface area (Å²) in [5, 5.41) is 4.17.